The smallest absolute Gasteiger partial charge is 0.241 e. The summed E-state index contributed by atoms with van der Waals surface area (Å²) in [6, 6.07) is 6.97. The molecular weight excluding hydrogens is 228 g/mol. The number of nitrogens with one attached hydrogen (secondary N) is 1. The topological polar surface area (TPSA) is 64.4 Å². The Bertz CT molecular complexity index is 405. The Labute approximate surface area is 108 Å². The highest BCUT2D eigenvalue weighted by Gasteiger charge is 2.13. The summed E-state index contributed by atoms with van der Waals surface area (Å²) in [5, 5.41) is 2.81. The van der Waals surface area contributed by atoms with E-state index in [0.29, 0.717) is 19.6 Å². The number of carbonyl (C=O) groups excluding carboxylic acids is 1. The molecule has 0 aliphatic carbocycles. The number of anilines is 1. The highest BCUT2D eigenvalue weighted by Crippen LogP contribution is 2.16. The van der Waals surface area contributed by atoms with Gasteiger partial charge in [0, 0.05) is 17.9 Å². The van der Waals surface area contributed by atoms with Gasteiger partial charge in [-0.1, -0.05) is 24.3 Å². The second kappa shape index (κ2) is 7.63. The van der Waals surface area contributed by atoms with E-state index in [1.807, 2.05) is 31.2 Å². The zero-order valence-corrected chi connectivity index (χ0v) is 10.7. The van der Waals surface area contributed by atoms with Crippen molar-refractivity contribution in [1.82, 2.24) is 0 Å². The van der Waals surface area contributed by atoms with Gasteiger partial charge < -0.3 is 15.8 Å². The van der Waals surface area contributed by atoms with Crippen LogP contribution in [0.4, 0.5) is 5.69 Å². The zero-order chi connectivity index (χ0) is 13.4. The van der Waals surface area contributed by atoms with Gasteiger partial charge in [0.2, 0.25) is 5.91 Å². The lowest BCUT2D eigenvalue weighted by Gasteiger charge is -2.13. The standard InChI is InChI=1S/C14H20N2O2/c1-3-7-12(15)14(17)16-13-9-6-5-8-11(13)10-18-4-2/h3,5-6,8-9,12H,1,4,7,10,15H2,2H3,(H,16,17). The number of carbonyl (C=O) groups is 1. The molecule has 4 nitrogen and oxygen atoms in total. The molecule has 0 aliphatic rings. The van der Waals surface area contributed by atoms with Gasteiger partial charge in [-0.2, -0.15) is 0 Å². The summed E-state index contributed by atoms with van der Waals surface area (Å²) in [5.41, 5.74) is 7.40. The van der Waals surface area contributed by atoms with E-state index < -0.39 is 6.04 Å². The van der Waals surface area contributed by atoms with Crippen molar-refractivity contribution >= 4 is 11.6 Å². The van der Waals surface area contributed by atoms with Gasteiger partial charge in [-0.05, 0) is 19.4 Å². The summed E-state index contributed by atoms with van der Waals surface area (Å²) in [5.74, 6) is -0.209. The Morgan fingerprint density at radius 2 is 2.28 bits per heavy atom. The summed E-state index contributed by atoms with van der Waals surface area (Å²) in [4.78, 5) is 11.8. The molecule has 18 heavy (non-hydrogen) atoms. The van der Waals surface area contributed by atoms with Crippen molar-refractivity contribution in [2.45, 2.75) is 26.0 Å². The first kappa shape index (κ1) is 14.4. The Morgan fingerprint density at radius 1 is 1.56 bits per heavy atom. The van der Waals surface area contributed by atoms with Gasteiger partial charge >= 0.3 is 0 Å². The quantitative estimate of drug-likeness (QED) is 0.726. The van der Waals surface area contributed by atoms with Gasteiger partial charge in [-0.25, -0.2) is 0 Å². The van der Waals surface area contributed by atoms with Crippen LogP contribution >= 0.6 is 0 Å². The number of amides is 1. The van der Waals surface area contributed by atoms with Gasteiger partial charge in [0.15, 0.2) is 0 Å². The van der Waals surface area contributed by atoms with E-state index in [2.05, 4.69) is 11.9 Å². The Balaban J connectivity index is 2.70. The molecule has 0 radical (unpaired) electrons. The summed E-state index contributed by atoms with van der Waals surface area (Å²) >= 11 is 0. The molecule has 4 heteroatoms. The van der Waals surface area contributed by atoms with E-state index in [1.54, 1.807) is 6.08 Å². The first-order chi connectivity index (χ1) is 8.69. The van der Waals surface area contributed by atoms with Gasteiger partial charge in [-0.3, -0.25) is 4.79 Å². The van der Waals surface area contributed by atoms with Gasteiger partial charge in [0.25, 0.3) is 0 Å². The molecule has 0 saturated heterocycles. The summed E-state index contributed by atoms with van der Waals surface area (Å²) in [7, 11) is 0. The second-order valence-corrected chi connectivity index (χ2v) is 3.91. The molecule has 0 aromatic heterocycles. The molecule has 1 aromatic carbocycles. The Hall–Kier alpha value is -1.65. The normalized spacial score (nSPS) is 11.9. The monoisotopic (exact) mass is 248 g/mol. The van der Waals surface area contributed by atoms with Crippen LogP contribution in [0.15, 0.2) is 36.9 Å². The number of rotatable bonds is 7. The molecule has 0 aliphatic heterocycles. The molecule has 1 aromatic rings. The van der Waals surface area contributed by atoms with Gasteiger partial charge in [-0.15, -0.1) is 6.58 Å². The minimum Gasteiger partial charge on any atom is -0.377 e. The van der Waals surface area contributed by atoms with Crippen molar-refractivity contribution < 1.29 is 9.53 Å². The fourth-order valence-corrected chi connectivity index (χ4v) is 1.49. The van der Waals surface area contributed by atoms with Gasteiger partial charge in [0.1, 0.15) is 0 Å². The molecule has 1 rings (SSSR count). The van der Waals surface area contributed by atoms with E-state index in [-0.39, 0.29) is 5.91 Å². The molecule has 98 valence electrons. The lowest BCUT2D eigenvalue weighted by molar-refractivity contribution is -0.117. The van der Waals surface area contributed by atoms with Crippen LogP contribution < -0.4 is 11.1 Å². The molecule has 0 heterocycles. The van der Waals surface area contributed by atoms with Crippen LogP contribution in [0.2, 0.25) is 0 Å². The largest absolute Gasteiger partial charge is 0.377 e. The summed E-state index contributed by atoms with van der Waals surface area (Å²) in [6.07, 6.45) is 2.09. The number of ether oxygens (including phenoxy) is 1. The average molecular weight is 248 g/mol. The number of hydrogen-bond acceptors (Lipinski definition) is 3. The van der Waals surface area contributed by atoms with E-state index >= 15 is 0 Å². The van der Waals surface area contributed by atoms with Crippen molar-refractivity contribution in [3.63, 3.8) is 0 Å². The maximum atomic E-state index is 11.8. The molecule has 1 amide bonds. The van der Waals surface area contributed by atoms with Crippen molar-refractivity contribution in [2.24, 2.45) is 5.73 Å². The van der Waals surface area contributed by atoms with Crippen LogP contribution in [-0.2, 0) is 16.1 Å². The van der Waals surface area contributed by atoms with Crippen LogP contribution in [0.1, 0.15) is 18.9 Å². The molecular formula is C14H20N2O2. The molecule has 0 bridgehead atoms. The first-order valence-corrected chi connectivity index (χ1v) is 6.02. The fraction of sp³-hybridized carbons (Fsp3) is 0.357. The van der Waals surface area contributed by atoms with Gasteiger partial charge in [0.05, 0.1) is 12.6 Å². The fourth-order valence-electron chi connectivity index (χ4n) is 1.49. The first-order valence-electron chi connectivity index (χ1n) is 6.02. The van der Waals surface area contributed by atoms with Crippen LogP contribution in [0.25, 0.3) is 0 Å². The SMILES string of the molecule is C=CCC(N)C(=O)Nc1ccccc1COCC. The number of benzene rings is 1. The molecule has 1 atom stereocenters. The highest BCUT2D eigenvalue weighted by atomic mass is 16.5. The minimum atomic E-state index is -0.567. The van der Waals surface area contributed by atoms with Crippen LogP contribution in [0.5, 0.6) is 0 Å². The summed E-state index contributed by atoms with van der Waals surface area (Å²) < 4.78 is 5.35. The third-order valence-electron chi connectivity index (χ3n) is 2.49. The van der Waals surface area contributed by atoms with E-state index in [1.165, 1.54) is 0 Å². The lowest BCUT2D eigenvalue weighted by Crippen LogP contribution is -2.35. The Morgan fingerprint density at radius 3 is 2.94 bits per heavy atom. The average Bonchev–Trinajstić information content (AvgIpc) is 2.38. The van der Waals surface area contributed by atoms with E-state index in [9.17, 15) is 4.79 Å². The van der Waals surface area contributed by atoms with E-state index in [0.717, 1.165) is 11.3 Å². The lowest BCUT2D eigenvalue weighted by atomic mass is 10.1. The molecule has 3 N–H and O–H groups in total. The number of para-hydroxylation sites is 1. The van der Waals surface area contributed by atoms with E-state index in [4.69, 9.17) is 10.5 Å². The van der Waals surface area contributed by atoms with Crippen LogP contribution in [0.3, 0.4) is 0 Å². The molecule has 0 saturated carbocycles. The Kier molecular flexibility index (Phi) is 6.11. The molecule has 0 spiro atoms. The highest BCUT2D eigenvalue weighted by molar-refractivity contribution is 5.95. The number of nitrogens with two attached hydrogens (primary N) is 1. The zero-order valence-electron chi connectivity index (χ0n) is 10.7. The van der Waals surface area contributed by atoms with Crippen molar-refractivity contribution in [1.29, 1.82) is 0 Å². The molecule has 0 fully saturated rings. The maximum Gasteiger partial charge on any atom is 0.241 e. The van der Waals surface area contributed by atoms with Crippen molar-refractivity contribution in [3.8, 4) is 0 Å². The predicted molar refractivity (Wildman–Crippen MR) is 73.2 cm³/mol. The van der Waals surface area contributed by atoms with Crippen molar-refractivity contribution in [2.75, 3.05) is 11.9 Å². The maximum absolute atomic E-state index is 11.8. The summed E-state index contributed by atoms with van der Waals surface area (Å²) in [6.45, 7) is 6.61. The van der Waals surface area contributed by atoms with Crippen LogP contribution in [0, 0.1) is 0 Å². The third kappa shape index (κ3) is 4.31. The van der Waals surface area contributed by atoms with Crippen LogP contribution in [-0.4, -0.2) is 18.6 Å². The predicted octanol–water partition coefficient (Wildman–Crippen LogP) is 2.06. The van der Waals surface area contributed by atoms with Crippen molar-refractivity contribution in [3.05, 3.63) is 42.5 Å². The third-order valence-corrected chi connectivity index (χ3v) is 2.49. The second-order valence-electron chi connectivity index (χ2n) is 3.91. The number of hydrogen-bond donors (Lipinski definition) is 2. The minimum absolute atomic E-state index is 0.209. The molecule has 1 unspecified atom stereocenters.